The summed E-state index contributed by atoms with van der Waals surface area (Å²) < 4.78 is 0. The van der Waals surface area contributed by atoms with Gasteiger partial charge in [0.2, 0.25) is 0 Å². The fourth-order valence-electron chi connectivity index (χ4n) is 2.80. The molecule has 0 heterocycles. The van der Waals surface area contributed by atoms with Gasteiger partial charge in [0, 0.05) is 5.02 Å². The molecular formula is C17H27ClO. The molecule has 0 saturated heterocycles. The number of rotatable bonds is 4. The second-order valence-electron chi connectivity index (χ2n) is 7.08. The molecule has 0 bridgehead atoms. The van der Waals surface area contributed by atoms with Gasteiger partial charge in [-0.25, -0.2) is 0 Å². The molecule has 0 spiro atoms. The highest BCUT2D eigenvalue weighted by Crippen LogP contribution is 2.32. The number of aliphatic hydroxyl groups excluding tert-OH is 1. The van der Waals surface area contributed by atoms with E-state index in [1.807, 2.05) is 26.0 Å². The van der Waals surface area contributed by atoms with Crippen molar-refractivity contribution in [2.24, 2.45) is 11.3 Å². The van der Waals surface area contributed by atoms with Crippen LogP contribution in [0.3, 0.4) is 0 Å². The minimum Gasteiger partial charge on any atom is -0.388 e. The molecule has 1 aromatic carbocycles. The average molecular weight is 283 g/mol. The first kappa shape index (κ1) is 16.5. The molecule has 1 N–H and O–H groups in total. The molecule has 2 unspecified atom stereocenters. The smallest absolute Gasteiger partial charge is 0.0795 e. The fourth-order valence-corrected chi connectivity index (χ4v) is 3.02. The van der Waals surface area contributed by atoms with Gasteiger partial charge < -0.3 is 5.11 Å². The summed E-state index contributed by atoms with van der Waals surface area (Å²) in [7, 11) is 0. The fraction of sp³-hybridized carbons (Fsp3) is 0.647. The highest BCUT2D eigenvalue weighted by molar-refractivity contribution is 6.31. The molecule has 1 nitrogen and oxygen atoms in total. The van der Waals surface area contributed by atoms with Crippen LogP contribution in [0, 0.1) is 25.2 Å². The highest BCUT2D eigenvalue weighted by atomic mass is 35.5. The topological polar surface area (TPSA) is 20.2 Å². The Morgan fingerprint density at radius 3 is 2.26 bits per heavy atom. The number of benzene rings is 1. The first-order chi connectivity index (χ1) is 8.60. The Hall–Kier alpha value is -0.530. The lowest BCUT2D eigenvalue weighted by Gasteiger charge is -2.25. The van der Waals surface area contributed by atoms with Crippen LogP contribution in [0.2, 0.25) is 5.02 Å². The van der Waals surface area contributed by atoms with Crippen LogP contribution in [0.5, 0.6) is 0 Å². The van der Waals surface area contributed by atoms with Crippen LogP contribution in [0.25, 0.3) is 0 Å². The van der Waals surface area contributed by atoms with Gasteiger partial charge in [-0.05, 0) is 60.8 Å². The molecule has 19 heavy (non-hydrogen) atoms. The molecule has 1 aromatic rings. The predicted octanol–water partition coefficient (Wildman–Crippen LogP) is 5.45. The Morgan fingerprint density at radius 1 is 1.16 bits per heavy atom. The van der Waals surface area contributed by atoms with E-state index in [1.54, 1.807) is 0 Å². The van der Waals surface area contributed by atoms with Crippen molar-refractivity contribution < 1.29 is 5.11 Å². The molecule has 2 atom stereocenters. The van der Waals surface area contributed by atoms with E-state index >= 15 is 0 Å². The van der Waals surface area contributed by atoms with Crippen LogP contribution in [0.1, 0.15) is 63.3 Å². The van der Waals surface area contributed by atoms with Crippen molar-refractivity contribution in [3.8, 4) is 0 Å². The molecule has 0 fully saturated rings. The molecule has 0 aliphatic heterocycles. The summed E-state index contributed by atoms with van der Waals surface area (Å²) >= 11 is 6.10. The highest BCUT2D eigenvalue weighted by Gasteiger charge is 2.20. The van der Waals surface area contributed by atoms with E-state index in [9.17, 15) is 5.11 Å². The summed E-state index contributed by atoms with van der Waals surface area (Å²) in [5.74, 6) is 0.505. The number of hydrogen-bond acceptors (Lipinski definition) is 1. The molecule has 0 aliphatic carbocycles. The van der Waals surface area contributed by atoms with Gasteiger partial charge >= 0.3 is 0 Å². The minimum atomic E-state index is -0.395. The van der Waals surface area contributed by atoms with Gasteiger partial charge in [0.05, 0.1) is 6.10 Å². The maximum Gasteiger partial charge on any atom is 0.0795 e. The van der Waals surface area contributed by atoms with Gasteiger partial charge in [0.15, 0.2) is 0 Å². The summed E-state index contributed by atoms with van der Waals surface area (Å²) in [6.07, 6.45) is 1.53. The quantitative estimate of drug-likeness (QED) is 0.778. The van der Waals surface area contributed by atoms with E-state index in [0.717, 1.165) is 34.6 Å². The summed E-state index contributed by atoms with van der Waals surface area (Å²) in [5.41, 5.74) is 3.43. The summed E-state index contributed by atoms with van der Waals surface area (Å²) in [6, 6.07) is 3.97. The molecule has 0 amide bonds. The third kappa shape index (κ3) is 5.16. The van der Waals surface area contributed by atoms with Gasteiger partial charge in [-0.1, -0.05) is 45.4 Å². The van der Waals surface area contributed by atoms with Crippen molar-refractivity contribution in [2.75, 3.05) is 0 Å². The van der Waals surface area contributed by atoms with Gasteiger partial charge in [-0.2, -0.15) is 0 Å². The normalized spacial score (nSPS) is 15.4. The van der Waals surface area contributed by atoms with Crippen LogP contribution < -0.4 is 0 Å². The predicted molar refractivity (Wildman–Crippen MR) is 83.7 cm³/mol. The number of halogens is 1. The van der Waals surface area contributed by atoms with E-state index in [2.05, 4.69) is 27.7 Å². The lowest BCUT2D eigenvalue weighted by molar-refractivity contribution is 0.133. The van der Waals surface area contributed by atoms with Crippen molar-refractivity contribution >= 4 is 11.6 Å². The van der Waals surface area contributed by atoms with E-state index in [1.165, 1.54) is 0 Å². The van der Waals surface area contributed by atoms with Crippen LogP contribution in [-0.2, 0) is 0 Å². The summed E-state index contributed by atoms with van der Waals surface area (Å²) in [6.45, 7) is 12.9. The first-order valence-electron chi connectivity index (χ1n) is 7.05. The molecule has 0 radical (unpaired) electrons. The minimum absolute atomic E-state index is 0.310. The van der Waals surface area contributed by atoms with Crippen molar-refractivity contribution in [2.45, 2.75) is 60.5 Å². The monoisotopic (exact) mass is 282 g/mol. The SMILES string of the molecule is Cc1cc(C(O)CC(C)CC(C)(C)C)c(C)cc1Cl. The van der Waals surface area contributed by atoms with Crippen LogP contribution >= 0.6 is 11.6 Å². The second kappa shape index (κ2) is 6.28. The van der Waals surface area contributed by atoms with Crippen molar-refractivity contribution in [3.05, 3.63) is 33.8 Å². The Morgan fingerprint density at radius 2 is 1.74 bits per heavy atom. The van der Waals surface area contributed by atoms with E-state index in [4.69, 9.17) is 11.6 Å². The molecule has 0 aliphatic rings. The largest absolute Gasteiger partial charge is 0.388 e. The number of hydrogen-bond donors (Lipinski definition) is 1. The third-order valence-electron chi connectivity index (χ3n) is 3.49. The third-order valence-corrected chi connectivity index (χ3v) is 3.90. The van der Waals surface area contributed by atoms with Gasteiger partial charge in [-0.3, -0.25) is 0 Å². The van der Waals surface area contributed by atoms with E-state index in [-0.39, 0.29) is 0 Å². The number of aryl methyl sites for hydroxylation is 2. The lowest BCUT2D eigenvalue weighted by Crippen LogP contribution is -2.14. The van der Waals surface area contributed by atoms with Gasteiger partial charge in [0.1, 0.15) is 0 Å². The molecule has 108 valence electrons. The molecule has 0 saturated carbocycles. The zero-order chi connectivity index (χ0) is 14.8. The van der Waals surface area contributed by atoms with Crippen LogP contribution in [0.4, 0.5) is 0 Å². The van der Waals surface area contributed by atoms with Crippen molar-refractivity contribution in [3.63, 3.8) is 0 Å². The maximum absolute atomic E-state index is 10.4. The lowest BCUT2D eigenvalue weighted by atomic mass is 9.82. The zero-order valence-corrected chi connectivity index (χ0v) is 13.8. The van der Waals surface area contributed by atoms with E-state index < -0.39 is 6.10 Å². The zero-order valence-electron chi connectivity index (χ0n) is 13.0. The Bertz CT molecular complexity index is 432. The van der Waals surface area contributed by atoms with Crippen molar-refractivity contribution in [1.29, 1.82) is 0 Å². The molecular weight excluding hydrogens is 256 g/mol. The summed E-state index contributed by atoms with van der Waals surface area (Å²) in [5, 5.41) is 11.2. The molecule has 0 aromatic heterocycles. The standard InChI is InChI=1S/C17H27ClO/c1-11(10-17(4,5)6)7-16(19)14-8-13(3)15(18)9-12(14)2/h8-9,11,16,19H,7,10H2,1-6H3. The Labute approximate surface area is 123 Å². The van der Waals surface area contributed by atoms with Gasteiger partial charge in [0.25, 0.3) is 0 Å². The van der Waals surface area contributed by atoms with Crippen molar-refractivity contribution in [1.82, 2.24) is 0 Å². The van der Waals surface area contributed by atoms with Crippen LogP contribution in [-0.4, -0.2) is 5.11 Å². The van der Waals surface area contributed by atoms with Crippen LogP contribution in [0.15, 0.2) is 12.1 Å². The van der Waals surface area contributed by atoms with Gasteiger partial charge in [-0.15, -0.1) is 0 Å². The second-order valence-corrected chi connectivity index (χ2v) is 7.49. The Balaban J connectivity index is 2.78. The number of aliphatic hydroxyl groups is 1. The summed E-state index contributed by atoms with van der Waals surface area (Å²) in [4.78, 5) is 0. The average Bonchev–Trinajstić information content (AvgIpc) is 2.20. The maximum atomic E-state index is 10.4. The molecule has 1 rings (SSSR count). The molecule has 2 heteroatoms. The Kier molecular flexibility index (Phi) is 5.46. The van der Waals surface area contributed by atoms with E-state index in [0.29, 0.717) is 11.3 Å². The first-order valence-corrected chi connectivity index (χ1v) is 7.42.